The second-order valence-electron chi connectivity index (χ2n) is 10.6. The first-order valence-corrected chi connectivity index (χ1v) is 14.5. The molecule has 38 heavy (non-hydrogen) atoms. The minimum absolute atomic E-state index is 0.0101. The van der Waals surface area contributed by atoms with Crippen LogP contribution in [0.25, 0.3) is 10.8 Å². The number of likely N-dealkylation sites (tertiary alicyclic amines) is 1. The zero-order chi connectivity index (χ0) is 27.7. The van der Waals surface area contributed by atoms with E-state index in [1.165, 1.54) is 4.31 Å². The van der Waals surface area contributed by atoms with Crippen LogP contribution in [-0.2, 0) is 19.6 Å². The highest BCUT2D eigenvalue weighted by molar-refractivity contribution is 7.89. The number of hydrogen-bond acceptors (Lipinski definition) is 6. The average Bonchev–Trinajstić information content (AvgIpc) is 2.87. The van der Waals surface area contributed by atoms with Crippen molar-refractivity contribution in [2.24, 2.45) is 5.92 Å². The number of nitrogens with one attached hydrogen (secondary N) is 2. The molecular formula is C26H34ClN5O5S. The van der Waals surface area contributed by atoms with Gasteiger partial charge in [-0.05, 0) is 68.7 Å². The summed E-state index contributed by atoms with van der Waals surface area (Å²) in [4.78, 5) is 28.8. The Morgan fingerprint density at radius 2 is 1.55 bits per heavy atom. The predicted octanol–water partition coefficient (Wildman–Crippen LogP) is 3.50. The Labute approximate surface area is 228 Å². The maximum Gasteiger partial charge on any atom is 0.414 e. The highest BCUT2D eigenvalue weighted by Gasteiger charge is 2.34. The highest BCUT2D eigenvalue weighted by atomic mass is 35.5. The molecule has 2 amide bonds. The van der Waals surface area contributed by atoms with E-state index >= 15 is 0 Å². The van der Waals surface area contributed by atoms with Crippen LogP contribution in [0.5, 0.6) is 0 Å². The van der Waals surface area contributed by atoms with Gasteiger partial charge in [0.05, 0.1) is 4.90 Å². The standard InChI is InChI=1S/C26H34ClN5O5S/c1-26(2,3)37-25(34)29-24(28)31-10-8-18(9-11-31)23(33)30-12-14-32(15-13-30)38(35,36)22-7-5-19-16-21(27)6-4-20(19)17-22/h4-7,16-18H,8-15H2,1-3H3,(H2,28,29,34). The van der Waals surface area contributed by atoms with Gasteiger partial charge in [-0.3, -0.25) is 15.5 Å². The van der Waals surface area contributed by atoms with Gasteiger partial charge >= 0.3 is 6.09 Å². The summed E-state index contributed by atoms with van der Waals surface area (Å²) in [6.45, 7) is 7.31. The molecule has 12 heteroatoms. The van der Waals surface area contributed by atoms with Crippen LogP contribution in [0.3, 0.4) is 0 Å². The summed E-state index contributed by atoms with van der Waals surface area (Å²) in [7, 11) is -3.69. The van der Waals surface area contributed by atoms with E-state index in [1.54, 1.807) is 67.0 Å². The molecule has 2 saturated heterocycles. The van der Waals surface area contributed by atoms with Crippen molar-refractivity contribution < 1.29 is 22.7 Å². The summed E-state index contributed by atoms with van der Waals surface area (Å²) in [5, 5.41) is 12.8. The van der Waals surface area contributed by atoms with Gasteiger partial charge in [0.1, 0.15) is 5.60 Å². The van der Waals surface area contributed by atoms with Crippen molar-refractivity contribution in [3.05, 3.63) is 41.4 Å². The van der Waals surface area contributed by atoms with Crippen LogP contribution in [0.2, 0.25) is 5.02 Å². The lowest BCUT2D eigenvalue weighted by Crippen LogP contribution is -2.54. The summed E-state index contributed by atoms with van der Waals surface area (Å²) in [6.07, 6.45) is 0.426. The fourth-order valence-electron chi connectivity index (χ4n) is 4.74. The van der Waals surface area contributed by atoms with Gasteiger partial charge in [0.25, 0.3) is 0 Å². The molecule has 0 aromatic heterocycles. The maximum atomic E-state index is 13.3. The molecule has 2 aromatic carbocycles. The van der Waals surface area contributed by atoms with Gasteiger partial charge in [-0.2, -0.15) is 4.31 Å². The zero-order valence-corrected chi connectivity index (χ0v) is 23.4. The van der Waals surface area contributed by atoms with Crippen molar-refractivity contribution in [2.75, 3.05) is 39.3 Å². The van der Waals surface area contributed by atoms with Crippen molar-refractivity contribution in [2.45, 2.75) is 44.1 Å². The first-order chi connectivity index (χ1) is 17.8. The zero-order valence-electron chi connectivity index (χ0n) is 21.9. The number of benzene rings is 2. The van der Waals surface area contributed by atoms with E-state index in [-0.39, 0.29) is 35.8 Å². The van der Waals surface area contributed by atoms with E-state index in [2.05, 4.69) is 5.32 Å². The second-order valence-corrected chi connectivity index (χ2v) is 13.0. The van der Waals surface area contributed by atoms with Crippen LogP contribution in [0.15, 0.2) is 41.3 Å². The van der Waals surface area contributed by atoms with Crippen LogP contribution in [-0.4, -0.2) is 85.4 Å². The number of nitrogens with zero attached hydrogens (tertiary/aromatic N) is 3. The molecule has 2 N–H and O–H groups in total. The van der Waals surface area contributed by atoms with E-state index in [0.717, 1.165) is 10.8 Å². The summed E-state index contributed by atoms with van der Waals surface area (Å²) >= 11 is 6.03. The Balaban J connectivity index is 1.28. The molecule has 0 radical (unpaired) electrons. The predicted molar refractivity (Wildman–Crippen MR) is 146 cm³/mol. The molecule has 0 bridgehead atoms. The van der Waals surface area contributed by atoms with Crippen molar-refractivity contribution in [3.8, 4) is 0 Å². The number of ether oxygens (including phenoxy) is 1. The summed E-state index contributed by atoms with van der Waals surface area (Å²) in [6, 6.07) is 10.3. The van der Waals surface area contributed by atoms with Crippen LogP contribution in [0.1, 0.15) is 33.6 Å². The third-order valence-corrected chi connectivity index (χ3v) is 8.87. The smallest absolute Gasteiger partial charge is 0.414 e. The van der Waals surface area contributed by atoms with Gasteiger partial charge in [0.2, 0.25) is 21.9 Å². The van der Waals surface area contributed by atoms with E-state index in [9.17, 15) is 18.0 Å². The lowest BCUT2D eigenvalue weighted by molar-refractivity contribution is -0.138. The van der Waals surface area contributed by atoms with Gasteiger partial charge in [-0.1, -0.05) is 23.7 Å². The lowest BCUT2D eigenvalue weighted by atomic mass is 9.95. The second kappa shape index (κ2) is 11.1. The number of piperazine rings is 1. The van der Waals surface area contributed by atoms with Crippen LogP contribution in [0.4, 0.5) is 4.79 Å². The van der Waals surface area contributed by atoms with Gasteiger partial charge in [-0.25, -0.2) is 13.2 Å². The number of sulfonamides is 1. The number of hydrogen-bond donors (Lipinski definition) is 2. The van der Waals surface area contributed by atoms with Crippen molar-refractivity contribution in [1.29, 1.82) is 5.41 Å². The number of halogens is 1. The molecule has 0 unspecified atom stereocenters. The fourth-order valence-corrected chi connectivity index (χ4v) is 6.38. The normalized spacial score (nSPS) is 17.9. The molecule has 10 nitrogen and oxygen atoms in total. The number of piperidine rings is 1. The molecule has 0 saturated carbocycles. The number of fused-ring (bicyclic) bond motifs is 1. The molecule has 2 aliphatic rings. The molecule has 4 rings (SSSR count). The summed E-state index contributed by atoms with van der Waals surface area (Å²) in [5.41, 5.74) is -0.655. The van der Waals surface area contributed by atoms with Crippen LogP contribution < -0.4 is 5.32 Å². The van der Waals surface area contributed by atoms with E-state index in [1.807, 2.05) is 0 Å². The molecule has 2 heterocycles. The van der Waals surface area contributed by atoms with Gasteiger partial charge in [0.15, 0.2) is 0 Å². The van der Waals surface area contributed by atoms with E-state index < -0.39 is 21.7 Å². The summed E-state index contributed by atoms with van der Waals surface area (Å²) < 4.78 is 33.1. The van der Waals surface area contributed by atoms with Crippen molar-refractivity contribution in [1.82, 2.24) is 19.4 Å². The third-order valence-electron chi connectivity index (χ3n) is 6.74. The SMILES string of the molecule is CC(C)(C)OC(=O)NC(=N)N1CCC(C(=O)N2CCN(S(=O)(=O)c3ccc4cc(Cl)ccc4c3)CC2)CC1. The number of amides is 2. The lowest BCUT2D eigenvalue weighted by Gasteiger charge is -2.38. The van der Waals surface area contributed by atoms with E-state index in [4.69, 9.17) is 21.7 Å². The van der Waals surface area contributed by atoms with Crippen molar-refractivity contribution in [3.63, 3.8) is 0 Å². The number of guanidine groups is 1. The Hall–Kier alpha value is -2.89. The number of carbonyl (C=O) groups excluding carboxylic acids is 2. The van der Waals surface area contributed by atoms with E-state index in [0.29, 0.717) is 44.0 Å². The Morgan fingerprint density at radius 1 is 0.947 bits per heavy atom. The minimum atomic E-state index is -3.69. The summed E-state index contributed by atoms with van der Waals surface area (Å²) in [5.74, 6) is -0.229. The topological polar surface area (TPSA) is 123 Å². The monoisotopic (exact) mass is 563 g/mol. The quantitative estimate of drug-likeness (QED) is 0.435. The maximum absolute atomic E-state index is 13.3. The van der Waals surface area contributed by atoms with Crippen LogP contribution >= 0.6 is 11.6 Å². The largest absolute Gasteiger partial charge is 0.444 e. The molecular weight excluding hydrogens is 530 g/mol. The first-order valence-electron chi connectivity index (χ1n) is 12.7. The molecule has 0 spiro atoms. The Kier molecular flexibility index (Phi) is 8.20. The number of carbonyl (C=O) groups is 2. The molecule has 0 atom stereocenters. The van der Waals surface area contributed by atoms with Gasteiger partial charge in [0, 0.05) is 50.2 Å². The number of rotatable bonds is 3. The van der Waals surface area contributed by atoms with Gasteiger partial charge in [-0.15, -0.1) is 0 Å². The Morgan fingerprint density at radius 3 is 2.18 bits per heavy atom. The average molecular weight is 564 g/mol. The first kappa shape index (κ1) is 28.1. The fraction of sp³-hybridized carbons (Fsp3) is 0.500. The molecule has 0 aliphatic carbocycles. The molecule has 2 fully saturated rings. The van der Waals surface area contributed by atoms with Crippen LogP contribution in [0, 0.1) is 11.3 Å². The third kappa shape index (κ3) is 6.57. The highest BCUT2D eigenvalue weighted by Crippen LogP contribution is 2.26. The molecule has 206 valence electrons. The molecule has 2 aromatic rings. The molecule has 2 aliphatic heterocycles. The Bertz CT molecular complexity index is 1330. The number of alkyl carbamates (subject to hydrolysis) is 1. The minimum Gasteiger partial charge on any atom is -0.444 e. The van der Waals surface area contributed by atoms with Crippen molar-refractivity contribution >= 4 is 50.4 Å². The van der Waals surface area contributed by atoms with Gasteiger partial charge < -0.3 is 14.5 Å².